The normalized spacial score (nSPS) is 20.8. The van der Waals surface area contributed by atoms with Gasteiger partial charge in [-0.1, -0.05) is 36.4 Å². The second kappa shape index (κ2) is 8.81. The number of fused-ring (bicyclic) bond motifs is 4. The van der Waals surface area contributed by atoms with Crippen molar-refractivity contribution in [3.05, 3.63) is 70.1 Å². The zero-order chi connectivity index (χ0) is 22.9. The van der Waals surface area contributed by atoms with Crippen LogP contribution in [-0.4, -0.2) is 46.2 Å². The van der Waals surface area contributed by atoms with Gasteiger partial charge in [-0.25, -0.2) is 4.79 Å². The highest BCUT2D eigenvalue weighted by Gasteiger charge is 2.38. The minimum atomic E-state index is -0.718. The molecule has 1 fully saturated rings. The van der Waals surface area contributed by atoms with Crippen molar-refractivity contribution < 1.29 is 14.3 Å². The summed E-state index contributed by atoms with van der Waals surface area (Å²) in [5.74, 6) is 0.240. The van der Waals surface area contributed by atoms with Gasteiger partial charge in [0.05, 0.1) is 0 Å². The predicted molar refractivity (Wildman–Crippen MR) is 121 cm³/mol. The first kappa shape index (κ1) is 22.1. The Balaban J connectivity index is 1.54. The summed E-state index contributed by atoms with van der Waals surface area (Å²) >= 11 is 0. The summed E-state index contributed by atoms with van der Waals surface area (Å²) in [7, 11) is 0. The number of carbonyl (C=O) groups excluding carboxylic acids is 2. The third kappa shape index (κ3) is 5.03. The summed E-state index contributed by atoms with van der Waals surface area (Å²) in [5.41, 5.74) is 1.33. The number of hydrogen-bond acceptors (Lipinski definition) is 4. The fourth-order valence-electron chi connectivity index (χ4n) is 4.80. The van der Waals surface area contributed by atoms with Crippen LogP contribution in [0.25, 0.3) is 0 Å². The lowest BCUT2D eigenvalue weighted by molar-refractivity contribution is -0.136. The molecule has 0 aliphatic carbocycles. The van der Waals surface area contributed by atoms with Gasteiger partial charge in [-0.05, 0) is 44.7 Å². The van der Waals surface area contributed by atoms with Crippen LogP contribution in [0.15, 0.2) is 53.3 Å². The van der Waals surface area contributed by atoms with E-state index in [-0.39, 0.29) is 23.3 Å². The van der Waals surface area contributed by atoms with E-state index in [1.165, 1.54) is 0 Å². The largest absolute Gasteiger partial charge is 0.444 e. The molecule has 4 rings (SSSR count). The van der Waals surface area contributed by atoms with E-state index in [2.05, 4.69) is 5.32 Å². The number of aromatic nitrogens is 1. The first-order chi connectivity index (χ1) is 15.2. The maximum Gasteiger partial charge on any atom is 0.408 e. The number of pyridine rings is 1. The number of amides is 2. The van der Waals surface area contributed by atoms with E-state index in [0.29, 0.717) is 26.1 Å². The molecule has 2 bridgehead atoms. The molecule has 1 aromatic carbocycles. The fourth-order valence-corrected chi connectivity index (χ4v) is 4.80. The van der Waals surface area contributed by atoms with Gasteiger partial charge in [-0.3, -0.25) is 9.59 Å². The average Bonchev–Trinajstić information content (AvgIpc) is 2.73. The Hall–Kier alpha value is -3.09. The Labute approximate surface area is 188 Å². The third-order valence-electron chi connectivity index (χ3n) is 6.06. The van der Waals surface area contributed by atoms with Gasteiger partial charge in [0.15, 0.2) is 0 Å². The Kier molecular flexibility index (Phi) is 6.09. The zero-order valence-electron chi connectivity index (χ0n) is 18.9. The standard InChI is InChI=1S/C25H31N3O4/c1-25(2,3)32-24(31)26-20(13-17-8-5-4-6-9-17)23(30)27-14-18-12-19(16-27)21-10-7-11-22(29)28(21)15-18/h4-11,18-20H,12-16H2,1-3H3,(H,26,31)/t18-,19?,20+/m1/s1. The number of benzene rings is 1. The minimum absolute atomic E-state index is 0.0190. The molecule has 7 heteroatoms. The van der Waals surface area contributed by atoms with Gasteiger partial charge >= 0.3 is 6.09 Å². The first-order valence-corrected chi connectivity index (χ1v) is 11.2. The van der Waals surface area contributed by atoms with Crippen molar-refractivity contribution in [2.75, 3.05) is 13.1 Å². The lowest BCUT2D eigenvalue weighted by Gasteiger charge is -2.43. The van der Waals surface area contributed by atoms with Crippen molar-refractivity contribution in [1.29, 1.82) is 0 Å². The number of carbonyl (C=O) groups is 2. The summed E-state index contributed by atoms with van der Waals surface area (Å²) in [5, 5.41) is 2.81. The molecule has 1 N–H and O–H groups in total. The number of likely N-dealkylation sites (tertiary alicyclic amines) is 1. The second-order valence-electron chi connectivity index (χ2n) is 9.83. The predicted octanol–water partition coefficient (Wildman–Crippen LogP) is 2.93. The van der Waals surface area contributed by atoms with Crippen LogP contribution in [0.1, 0.15) is 44.4 Å². The lowest BCUT2D eigenvalue weighted by atomic mass is 9.83. The van der Waals surface area contributed by atoms with Crippen molar-refractivity contribution in [2.45, 2.75) is 57.7 Å². The Morgan fingerprint density at radius 1 is 1.06 bits per heavy atom. The van der Waals surface area contributed by atoms with E-state index in [1.54, 1.807) is 32.9 Å². The number of alkyl carbamates (subject to hydrolysis) is 1. The molecular weight excluding hydrogens is 406 g/mol. The number of ether oxygens (including phenoxy) is 1. The van der Waals surface area contributed by atoms with E-state index in [0.717, 1.165) is 17.7 Å². The van der Waals surface area contributed by atoms with Crippen molar-refractivity contribution in [3.63, 3.8) is 0 Å². The highest BCUT2D eigenvalue weighted by molar-refractivity contribution is 5.86. The summed E-state index contributed by atoms with van der Waals surface area (Å²) in [6.45, 7) is 7.14. The van der Waals surface area contributed by atoms with Gasteiger partial charge in [0.25, 0.3) is 5.56 Å². The molecule has 0 saturated carbocycles. The fraction of sp³-hybridized carbons (Fsp3) is 0.480. The highest BCUT2D eigenvalue weighted by atomic mass is 16.6. The second-order valence-corrected chi connectivity index (χ2v) is 9.83. The molecule has 2 amide bonds. The minimum Gasteiger partial charge on any atom is -0.444 e. The molecule has 2 aliphatic heterocycles. The summed E-state index contributed by atoms with van der Waals surface area (Å²) in [6, 6.07) is 14.3. The number of nitrogens with one attached hydrogen (secondary N) is 1. The Morgan fingerprint density at radius 3 is 2.53 bits per heavy atom. The summed E-state index contributed by atoms with van der Waals surface area (Å²) in [6.07, 6.45) is 0.762. The molecule has 0 spiro atoms. The molecule has 1 unspecified atom stereocenters. The molecule has 3 atom stereocenters. The Bertz CT molecular complexity index is 1040. The molecular formula is C25H31N3O4. The van der Waals surface area contributed by atoms with E-state index in [9.17, 15) is 14.4 Å². The van der Waals surface area contributed by atoms with Crippen LogP contribution < -0.4 is 10.9 Å². The smallest absolute Gasteiger partial charge is 0.408 e. The van der Waals surface area contributed by atoms with Gasteiger partial charge in [0.1, 0.15) is 11.6 Å². The van der Waals surface area contributed by atoms with Crippen molar-refractivity contribution in [2.24, 2.45) is 5.92 Å². The van der Waals surface area contributed by atoms with Gasteiger partial charge in [-0.15, -0.1) is 0 Å². The van der Waals surface area contributed by atoms with Crippen molar-refractivity contribution in [1.82, 2.24) is 14.8 Å². The van der Waals surface area contributed by atoms with Crippen molar-refractivity contribution >= 4 is 12.0 Å². The molecule has 2 aliphatic rings. The summed E-state index contributed by atoms with van der Waals surface area (Å²) in [4.78, 5) is 40.2. The monoisotopic (exact) mass is 437 g/mol. The number of piperidine rings is 1. The van der Waals surface area contributed by atoms with Crippen LogP contribution in [-0.2, 0) is 22.5 Å². The van der Waals surface area contributed by atoms with Crippen LogP contribution in [0, 0.1) is 5.92 Å². The quantitative estimate of drug-likeness (QED) is 0.798. The number of rotatable bonds is 4. The van der Waals surface area contributed by atoms with Crippen LogP contribution in [0.2, 0.25) is 0 Å². The van der Waals surface area contributed by atoms with Gasteiger partial charge in [0, 0.05) is 43.7 Å². The van der Waals surface area contributed by atoms with E-state index in [4.69, 9.17) is 4.74 Å². The number of nitrogens with zero attached hydrogens (tertiary/aromatic N) is 2. The molecule has 170 valence electrons. The average molecular weight is 438 g/mol. The topological polar surface area (TPSA) is 80.6 Å². The van der Waals surface area contributed by atoms with E-state index >= 15 is 0 Å². The molecule has 3 heterocycles. The third-order valence-corrected chi connectivity index (χ3v) is 6.06. The lowest BCUT2D eigenvalue weighted by Crippen LogP contribution is -2.55. The molecule has 0 radical (unpaired) electrons. The molecule has 7 nitrogen and oxygen atoms in total. The molecule has 1 aromatic heterocycles. The van der Waals surface area contributed by atoms with Crippen LogP contribution in [0.5, 0.6) is 0 Å². The van der Waals surface area contributed by atoms with Crippen LogP contribution in [0.3, 0.4) is 0 Å². The first-order valence-electron chi connectivity index (χ1n) is 11.2. The van der Waals surface area contributed by atoms with Gasteiger partial charge in [-0.2, -0.15) is 0 Å². The van der Waals surface area contributed by atoms with Crippen molar-refractivity contribution in [3.8, 4) is 0 Å². The SMILES string of the molecule is CC(C)(C)OC(=O)N[C@@H](Cc1ccccc1)C(=O)N1CC2C[C@H](C1)Cn1c2cccc1=O. The number of hydrogen-bond donors (Lipinski definition) is 1. The molecule has 1 saturated heterocycles. The molecule has 32 heavy (non-hydrogen) atoms. The van der Waals surface area contributed by atoms with Crippen LogP contribution >= 0.6 is 0 Å². The summed E-state index contributed by atoms with van der Waals surface area (Å²) < 4.78 is 7.27. The zero-order valence-corrected chi connectivity index (χ0v) is 18.9. The Morgan fingerprint density at radius 2 is 1.81 bits per heavy atom. The van der Waals surface area contributed by atoms with Gasteiger partial charge in [0.2, 0.25) is 5.91 Å². The van der Waals surface area contributed by atoms with E-state index in [1.807, 2.05) is 45.9 Å². The van der Waals surface area contributed by atoms with Gasteiger partial charge < -0.3 is 19.5 Å². The van der Waals surface area contributed by atoms with Crippen LogP contribution in [0.4, 0.5) is 4.79 Å². The maximum atomic E-state index is 13.6. The molecule has 2 aromatic rings. The van der Waals surface area contributed by atoms with E-state index < -0.39 is 17.7 Å². The maximum absolute atomic E-state index is 13.6. The highest BCUT2D eigenvalue weighted by Crippen LogP contribution is 2.35.